The molecule has 33 heavy (non-hydrogen) atoms. The fourth-order valence-corrected chi connectivity index (χ4v) is 3.32. The maximum atomic E-state index is 12.4. The van der Waals surface area contributed by atoms with Gasteiger partial charge in [0.15, 0.2) is 17.2 Å². The summed E-state index contributed by atoms with van der Waals surface area (Å²) < 4.78 is 16.4. The Morgan fingerprint density at radius 1 is 1.00 bits per heavy atom. The molecule has 0 atom stereocenters. The molecule has 0 bridgehead atoms. The molecule has 4 rings (SSSR count). The molecule has 0 saturated carbocycles. The number of nitrogens with zero attached hydrogens (tertiary/aromatic N) is 1. The minimum Gasteiger partial charge on any atom is -0.490 e. The van der Waals surface area contributed by atoms with Gasteiger partial charge in [0.05, 0.1) is 22.2 Å². The maximum absolute atomic E-state index is 12.4. The lowest BCUT2D eigenvalue weighted by molar-refractivity contribution is -0.129. The first-order valence-electron chi connectivity index (χ1n) is 9.96. The van der Waals surface area contributed by atoms with Crippen molar-refractivity contribution < 1.29 is 23.8 Å². The Morgan fingerprint density at radius 3 is 2.52 bits per heavy atom. The van der Waals surface area contributed by atoms with Gasteiger partial charge in [-0.25, -0.2) is 14.6 Å². The third-order valence-corrected chi connectivity index (χ3v) is 5.31. The highest BCUT2D eigenvalue weighted by molar-refractivity contribution is 6.42. The Hall–Kier alpha value is -3.61. The number of ether oxygens (including phenoxy) is 3. The summed E-state index contributed by atoms with van der Waals surface area (Å²) in [6.07, 6.45) is 1.55. The number of halogens is 2. The summed E-state index contributed by atoms with van der Waals surface area (Å²) in [6, 6.07) is 18.4. The maximum Gasteiger partial charge on any atom is 0.363 e. The molecule has 3 aromatic carbocycles. The van der Waals surface area contributed by atoms with Gasteiger partial charge in [-0.15, -0.1) is 0 Å². The normalized spacial score (nSPS) is 14.1. The van der Waals surface area contributed by atoms with E-state index in [0.717, 1.165) is 0 Å². The Morgan fingerprint density at radius 2 is 1.79 bits per heavy atom. The minimum absolute atomic E-state index is 0.104. The van der Waals surface area contributed by atoms with Gasteiger partial charge in [0, 0.05) is 5.56 Å². The summed E-state index contributed by atoms with van der Waals surface area (Å²) in [5.41, 5.74) is 1.67. The number of benzene rings is 3. The molecule has 1 aliphatic rings. The first kappa shape index (κ1) is 22.6. The first-order valence-corrected chi connectivity index (χ1v) is 10.7. The quantitative estimate of drug-likeness (QED) is 0.246. The average Bonchev–Trinajstić information content (AvgIpc) is 3.18. The van der Waals surface area contributed by atoms with Crippen LogP contribution in [0.15, 0.2) is 77.4 Å². The Bertz CT molecular complexity index is 1290. The highest BCUT2D eigenvalue weighted by Gasteiger charge is 2.25. The molecule has 8 heteroatoms. The highest BCUT2D eigenvalue weighted by Crippen LogP contribution is 2.31. The molecule has 1 aliphatic heterocycles. The summed E-state index contributed by atoms with van der Waals surface area (Å²) in [6.45, 7) is 2.17. The number of aliphatic imine (C=N–C) groups is 1. The van der Waals surface area contributed by atoms with Crippen LogP contribution < -0.4 is 9.47 Å². The van der Waals surface area contributed by atoms with Crippen LogP contribution in [0.4, 0.5) is 0 Å². The monoisotopic (exact) mass is 481 g/mol. The lowest BCUT2D eigenvalue weighted by Crippen LogP contribution is -2.09. The van der Waals surface area contributed by atoms with Gasteiger partial charge in [0.2, 0.25) is 5.90 Å². The third kappa shape index (κ3) is 5.25. The SMILES string of the molecule is CCOc1cc(/C=C2\N=C(c3ccc(Cl)c(Cl)c3)OC2=O)ccc1OC(=O)c1ccccc1. The van der Waals surface area contributed by atoms with Crippen LogP contribution in [-0.2, 0) is 9.53 Å². The van der Waals surface area contributed by atoms with Crippen molar-refractivity contribution in [3.63, 3.8) is 0 Å². The van der Waals surface area contributed by atoms with Crippen LogP contribution in [0.3, 0.4) is 0 Å². The number of rotatable bonds is 6. The third-order valence-electron chi connectivity index (χ3n) is 4.57. The molecule has 166 valence electrons. The van der Waals surface area contributed by atoms with Crippen molar-refractivity contribution >= 4 is 47.1 Å². The molecule has 0 amide bonds. The number of esters is 2. The van der Waals surface area contributed by atoms with Gasteiger partial charge in [-0.2, -0.15) is 0 Å². The van der Waals surface area contributed by atoms with Gasteiger partial charge in [-0.05, 0) is 61.0 Å². The van der Waals surface area contributed by atoms with E-state index in [4.69, 9.17) is 37.4 Å². The molecule has 6 nitrogen and oxygen atoms in total. The van der Waals surface area contributed by atoms with Crippen molar-refractivity contribution in [1.29, 1.82) is 0 Å². The smallest absolute Gasteiger partial charge is 0.363 e. The van der Waals surface area contributed by atoms with E-state index in [-0.39, 0.29) is 17.3 Å². The fourth-order valence-electron chi connectivity index (χ4n) is 3.02. The largest absolute Gasteiger partial charge is 0.490 e. The van der Waals surface area contributed by atoms with Gasteiger partial charge in [0.25, 0.3) is 0 Å². The topological polar surface area (TPSA) is 74.2 Å². The van der Waals surface area contributed by atoms with Gasteiger partial charge in [-0.3, -0.25) is 0 Å². The van der Waals surface area contributed by atoms with Gasteiger partial charge in [0.1, 0.15) is 0 Å². The van der Waals surface area contributed by atoms with Crippen molar-refractivity contribution in [3.05, 3.63) is 99.2 Å². The van der Waals surface area contributed by atoms with E-state index in [2.05, 4.69) is 4.99 Å². The Balaban J connectivity index is 1.60. The zero-order valence-corrected chi connectivity index (χ0v) is 18.9. The first-order chi connectivity index (χ1) is 15.9. The molecule has 0 spiro atoms. The number of hydrogen-bond donors (Lipinski definition) is 0. The number of carbonyl (C=O) groups excluding carboxylic acids is 2. The van der Waals surface area contributed by atoms with Gasteiger partial charge in [-0.1, -0.05) is 47.5 Å². The zero-order chi connectivity index (χ0) is 23.4. The Kier molecular flexibility index (Phi) is 6.77. The molecule has 0 N–H and O–H groups in total. The number of hydrogen-bond acceptors (Lipinski definition) is 6. The van der Waals surface area contributed by atoms with Crippen molar-refractivity contribution in [1.82, 2.24) is 0 Å². The molecule has 0 aliphatic carbocycles. The lowest BCUT2D eigenvalue weighted by atomic mass is 10.1. The number of carbonyl (C=O) groups is 2. The average molecular weight is 482 g/mol. The predicted molar refractivity (Wildman–Crippen MR) is 126 cm³/mol. The van der Waals surface area contributed by atoms with E-state index in [0.29, 0.717) is 39.1 Å². The van der Waals surface area contributed by atoms with Crippen molar-refractivity contribution in [2.24, 2.45) is 4.99 Å². The van der Waals surface area contributed by atoms with Crippen LogP contribution >= 0.6 is 23.2 Å². The Labute approximate surface area is 200 Å². The van der Waals surface area contributed by atoms with Crippen molar-refractivity contribution in [3.8, 4) is 11.5 Å². The lowest BCUT2D eigenvalue weighted by Gasteiger charge is -2.11. The fraction of sp³-hybridized carbons (Fsp3) is 0.0800. The molecule has 0 unspecified atom stereocenters. The molecule has 0 fully saturated rings. The molecule has 1 heterocycles. The molecular weight excluding hydrogens is 465 g/mol. The molecule has 0 saturated heterocycles. The highest BCUT2D eigenvalue weighted by atomic mass is 35.5. The van der Waals surface area contributed by atoms with E-state index < -0.39 is 11.9 Å². The second-order valence-corrected chi connectivity index (χ2v) is 7.67. The van der Waals surface area contributed by atoms with E-state index in [1.807, 2.05) is 13.0 Å². The van der Waals surface area contributed by atoms with Crippen LogP contribution in [-0.4, -0.2) is 24.4 Å². The van der Waals surface area contributed by atoms with E-state index in [9.17, 15) is 9.59 Å². The van der Waals surface area contributed by atoms with Crippen molar-refractivity contribution in [2.45, 2.75) is 6.92 Å². The van der Waals surface area contributed by atoms with Gasteiger partial charge >= 0.3 is 11.9 Å². The summed E-state index contributed by atoms with van der Waals surface area (Å²) >= 11 is 12.0. The number of cyclic esters (lactones) is 1. The molecular formula is C25H17Cl2NO5. The summed E-state index contributed by atoms with van der Waals surface area (Å²) in [5, 5.41) is 0.713. The van der Waals surface area contributed by atoms with Crippen molar-refractivity contribution in [2.75, 3.05) is 6.61 Å². The van der Waals surface area contributed by atoms with Crippen LogP contribution in [0, 0.1) is 0 Å². The van der Waals surface area contributed by atoms with E-state index in [1.165, 1.54) is 0 Å². The van der Waals surface area contributed by atoms with Crippen LogP contribution in [0.5, 0.6) is 11.5 Å². The second-order valence-electron chi connectivity index (χ2n) is 6.86. The summed E-state index contributed by atoms with van der Waals surface area (Å²) in [5.74, 6) is -0.354. The minimum atomic E-state index is -0.603. The summed E-state index contributed by atoms with van der Waals surface area (Å²) in [7, 11) is 0. The molecule has 3 aromatic rings. The standard InChI is InChI=1S/C25H17Cl2NO5/c1-2-31-22-13-15(8-11-21(22)32-24(29)16-6-4-3-5-7-16)12-20-25(30)33-23(28-20)17-9-10-18(26)19(27)14-17/h3-14H,2H2,1H3/b20-12-. The second kappa shape index (κ2) is 9.90. The zero-order valence-electron chi connectivity index (χ0n) is 17.4. The van der Waals surface area contributed by atoms with E-state index >= 15 is 0 Å². The van der Waals surface area contributed by atoms with Gasteiger partial charge < -0.3 is 14.2 Å². The van der Waals surface area contributed by atoms with Crippen LogP contribution in [0.1, 0.15) is 28.4 Å². The van der Waals surface area contributed by atoms with E-state index in [1.54, 1.807) is 66.7 Å². The predicted octanol–water partition coefficient (Wildman–Crippen LogP) is 5.96. The molecule has 0 radical (unpaired) electrons. The van der Waals surface area contributed by atoms with Crippen LogP contribution in [0.2, 0.25) is 10.0 Å². The van der Waals surface area contributed by atoms with Crippen LogP contribution in [0.25, 0.3) is 6.08 Å². The molecule has 0 aromatic heterocycles. The summed E-state index contributed by atoms with van der Waals surface area (Å²) in [4.78, 5) is 29.0.